The number of nitrogens with one attached hydrogen (secondary N) is 1. The number of anilines is 1. The fraction of sp³-hybridized carbons (Fsp3) is 0.550. The molecule has 1 saturated heterocycles. The van der Waals surface area contributed by atoms with Crippen LogP contribution in [0.1, 0.15) is 42.5 Å². The molecule has 28 heavy (non-hydrogen) atoms. The molecule has 0 radical (unpaired) electrons. The highest BCUT2D eigenvalue weighted by molar-refractivity contribution is 6.00. The molecule has 1 aliphatic carbocycles. The van der Waals surface area contributed by atoms with Crippen LogP contribution in [-0.2, 0) is 14.3 Å². The predicted molar refractivity (Wildman–Crippen MR) is 99.3 cm³/mol. The van der Waals surface area contributed by atoms with Crippen molar-refractivity contribution in [2.45, 2.75) is 50.4 Å². The van der Waals surface area contributed by atoms with Crippen LogP contribution in [0, 0.1) is 5.92 Å². The topological polar surface area (TPSA) is 105 Å². The van der Waals surface area contributed by atoms with Gasteiger partial charge >= 0.3 is 5.97 Å². The third kappa shape index (κ3) is 3.82. The number of benzene rings is 1. The average Bonchev–Trinajstić information content (AvgIpc) is 3.50. The molecule has 4 rings (SSSR count). The molecule has 2 heterocycles. The smallest absolute Gasteiger partial charge is 0.305 e. The Labute approximate surface area is 162 Å². The Hall–Kier alpha value is -2.61. The number of carbonyl (C=O) groups is 3. The molecule has 1 aromatic carbocycles. The molecule has 150 valence electrons. The van der Waals surface area contributed by atoms with E-state index in [0.717, 1.165) is 12.8 Å². The maximum absolute atomic E-state index is 13.1. The normalized spacial score (nSPS) is 27.0. The number of hydrogen-bond donors (Lipinski definition) is 2. The van der Waals surface area contributed by atoms with Crippen LogP contribution in [0.3, 0.4) is 0 Å². The van der Waals surface area contributed by atoms with E-state index >= 15 is 0 Å². The monoisotopic (exact) mass is 388 g/mol. The molecule has 1 saturated carbocycles. The third-order valence-electron chi connectivity index (χ3n) is 5.63. The Bertz CT molecular complexity index is 806. The summed E-state index contributed by atoms with van der Waals surface area (Å²) in [4.78, 5) is 37.7. The zero-order valence-corrected chi connectivity index (χ0v) is 15.7. The summed E-state index contributed by atoms with van der Waals surface area (Å²) >= 11 is 0. The van der Waals surface area contributed by atoms with Crippen molar-refractivity contribution in [2.75, 3.05) is 19.0 Å². The summed E-state index contributed by atoms with van der Waals surface area (Å²) in [5.74, 6) is -0.602. The maximum Gasteiger partial charge on any atom is 0.305 e. The van der Waals surface area contributed by atoms with E-state index in [1.165, 1.54) is 0 Å². The van der Waals surface area contributed by atoms with Gasteiger partial charge in [0.1, 0.15) is 18.5 Å². The van der Waals surface area contributed by atoms with Crippen molar-refractivity contribution in [1.82, 2.24) is 4.90 Å². The van der Waals surface area contributed by atoms with Crippen LogP contribution in [0.15, 0.2) is 18.2 Å². The van der Waals surface area contributed by atoms with Gasteiger partial charge in [0.2, 0.25) is 5.91 Å². The number of carboxylic acid groups (broad SMARTS) is 1. The van der Waals surface area contributed by atoms with Crippen LogP contribution in [0.5, 0.6) is 5.75 Å². The van der Waals surface area contributed by atoms with E-state index in [1.54, 1.807) is 30.1 Å². The second-order valence-electron chi connectivity index (χ2n) is 7.74. The molecule has 2 amide bonds. The van der Waals surface area contributed by atoms with Crippen molar-refractivity contribution in [3.05, 3.63) is 23.8 Å². The number of nitrogens with zero attached hydrogens (tertiary/aromatic N) is 1. The van der Waals surface area contributed by atoms with E-state index in [2.05, 4.69) is 5.32 Å². The van der Waals surface area contributed by atoms with E-state index < -0.39 is 5.97 Å². The molecule has 8 heteroatoms. The molecular formula is C20H24N2O6. The number of carboxylic acids is 1. The third-order valence-corrected chi connectivity index (χ3v) is 5.63. The minimum Gasteiger partial charge on any atom is -0.490 e. The van der Waals surface area contributed by atoms with E-state index in [4.69, 9.17) is 14.6 Å². The molecule has 8 nitrogen and oxygen atoms in total. The molecule has 2 aliphatic heterocycles. The minimum atomic E-state index is -0.897. The van der Waals surface area contributed by atoms with Crippen LogP contribution < -0.4 is 10.1 Å². The fourth-order valence-corrected chi connectivity index (χ4v) is 3.89. The Morgan fingerprint density at radius 2 is 2.04 bits per heavy atom. The predicted octanol–water partition coefficient (Wildman–Crippen LogP) is 1.89. The van der Waals surface area contributed by atoms with E-state index in [9.17, 15) is 14.4 Å². The van der Waals surface area contributed by atoms with Gasteiger partial charge in [-0.1, -0.05) is 0 Å². The summed E-state index contributed by atoms with van der Waals surface area (Å²) in [5.41, 5.74) is 0.988. The van der Waals surface area contributed by atoms with E-state index in [0.29, 0.717) is 29.8 Å². The van der Waals surface area contributed by atoms with Crippen molar-refractivity contribution in [3.63, 3.8) is 0 Å². The lowest BCUT2D eigenvalue weighted by molar-refractivity contribution is -0.148. The summed E-state index contributed by atoms with van der Waals surface area (Å²) in [7, 11) is 1.73. The molecule has 0 bridgehead atoms. The van der Waals surface area contributed by atoms with Crippen LogP contribution >= 0.6 is 0 Å². The summed E-state index contributed by atoms with van der Waals surface area (Å²) in [6.45, 7) is 0.235. The SMILES string of the molecule is CN1C(=O)c2cc(NC(=O)C3CC3)ccc2OC[C@H]2O[C@H](CC(=O)O)CC[C@H]21. The first-order valence-corrected chi connectivity index (χ1v) is 9.64. The highest BCUT2D eigenvalue weighted by Gasteiger charge is 2.39. The Morgan fingerprint density at radius 3 is 2.75 bits per heavy atom. The molecule has 0 unspecified atom stereocenters. The lowest BCUT2D eigenvalue weighted by atomic mass is 9.94. The molecule has 2 N–H and O–H groups in total. The first kappa shape index (κ1) is 18.7. The van der Waals surface area contributed by atoms with Crippen LogP contribution in [0.25, 0.3) is 0 Å². The number of hydrogen-bond acceptors (Lipinski definition) is 5. The van der Waals surface area contributed by atoms with Gasteiger partial charge in [-0.2, -0.15) is 0 Å². The van der Waals surface area contributed by atoms with Crippen molar-refractivity contribution in [2.24, 2.45) is 5.92 Å². The first-order chi connectivity index (χ1) is 13.4. The van der Waals surface area contributed by atoms with Gasteiger partial charge in [-0.25, -0.2) is 0 Å². The van der Waals surface area contributed by atoms with Gasteiger partial charge in [0, 0.05) is 18.7 Å². The first-order valence-electron chi connectivity index (χ1n) is 9.64. The summed E-state index contributed by atoms with van der Waals surface area (Å²) < 4.78 is 11.8. The molecule has 0 aromatic heterocycles. The summed E-state index contributed by atoms with van der Waals surface area (Å²) in [6, 6.07) is 4.88. The van der Waals surface area contributed by atoms with Crippen molar-refractivity contribution >= 4 is 23.5 Å². The summed E-state index contributed by atoms with van der Waals surface area (Å²) in [6.07, 6.45) is 2.25. The van der Waals surface area contributed by atoms with Crippen LogP contribution in [0.4, 0.5) is 5.69 Å². The lowest BCUT2D eigenvalue weighted by Gasteiger charge is -2.42. The molecule has 3 atom stereocenters. The van der Waals surface area contributed by atoms with Gasteiger partial charge in [0.15, 0.2) is 0 Å². The van der Waals surface area contributed by atoms with Crippen molar-refractivity contribution in [1.29, 1.82) is 0 Å². The molecular weight excluding hydrogens is 364 g/mol. The number of aliphatic carboxylic acids is 1. The van der Waals surface area contributed by atoms with Gasteiger partial charge in [0.25, 0.3) is 5.91 Å². The van der Waals surface area contributed by atoms with E-state index in [1.807, 2.05) is 0 Å². The van der Waals surface area contributed by atoms with E-state index in [-0.39, 0.29) is 49.0 Å². The minimum absolute atomic E-state index is 0.0160. The number of rotatable bonds is 4. The second-order valence-corrected chi connectivity index (χ2v) is 7.74. The van der Waals surface area contributed by atoms with Gasteiger partial charge < -0.3 is 24.8 Å². The van der Waals surface area contributed by atoms with Crippen molar-refractivity contribution < 1.29 is 29.0 Å². The molecule has 2 fully saturated rings. The van der Waals surface area contributed by atoms with Gasteiger partial charge in [0.05, 0.1) is 24.1 Å². The Balaban J connectivity index is 1.53. The van der Waals surface area contributed by atoms with Crippen LogP contribution in [0.2, 0.25) is 0 Å². The quantitative estimate of drug-likeness (QED) is 0.816. The standard InChI is InChI=1S/C20H24N2O6/c1-22-15-6-5-13(9-18(23)24)28-17(15)10-27-16-7-4-12(8-14(16)20(22)26)21-19(25)11-2-3-11/h4,7-8,11,13,15,17H,2-3,5-6,9-10H2,1H3,(H,21,25)(H,23,24)/t13-,15+,17+/m0/s1. The van der Waals surface area contributed by atoms with Crippen LogP contribution in [-0.4, -0.2) is 59.7 Å². The Morgan fingerprint density at radius 1 is 1.25 bits per heavy atom. The molecule has 1 aromatic rings. The average molecular weight is 388 g/mol. The maximum atomic E-state index is 13.1. The van der Waals surface area contributed by atoms with Gasteiger partial charge in [-0.3, -0.25) is 14.4 Å². The Kier molecular flexibility index (Phi) is 4.97. The highest BCUT2D eigenvalue weighted by Crippen LogP contribution is 2.34. The molecule has 0 spiro atoms. The zero-order chi connectivity index (χ0) is 19.8. The molecule has 3 aliphatic rings. The van der Waals surface area contributed by atoms with Gasteiger partial charge in [-0.15, -0.1) is 0 Å². The summed E-state index contributed by atoms with van der Waals surface area (Å²) in [5, 5.41) is 11.9. The number of fused-ring (bicyclic) bond motifs is 2. The fourth-order valence-electron chi connectivity index (χ4n) is 3.89. The lowest BCUT2D eigenvalue weighted by Crippen LogP contribution is -2.53. The zero-order valence-electron chi connectivity index (χ0n) is 15.7. The number of carbonyl (C=O) groups excluding carboxylic acids is 2. The van der Waals surface area contributed by atoms with Crippen molar-refractivity contribution in [3.8, 4) is 5.75 Å². The van der Waals surface area contributed by atoms with Gasteiger partial charge in [-0.05, 0) is 43.9 Å². The number of ether oxygens (including phenoxy) is 2. The highest BCUT2D eigenvalue weighted by atomic mass is 16.5. The number of likely N-dealkylation sites (N-methyl/N-ethyl adjacent to an activating group) is 1. The second kappa shape index (κ2) is 7.43. The number of amides is 2. The largest absolute Gasteiger partial charge is 0.490 e.